The minimum Gasteiger partial charge on any atom is -0.292 e. The molecule has 0 unspecified atom stereocenters. The summed E-state index contributed by atoms with van der Waals surface area (Å²) in [6.45, 7) is 0. The van der Waals surface area contributed by atoms with E-state index in [0.29, 0.717) is 0 Å². The summed E-state index contributed by atoms with van der Waals surface area (Å²) in [5, 5.41) is 2.43. The fraction of sp³-hybridized carbons (Fsp3) is 0. The molecule has 0 saturated heterocycles. The van der Waals surface area contributed by atoms with Crippen LogP contribution in [0.5, 0.6) is 0 Å². The van der Waals surface area contributed by atoms with Crippen LogP contribution in [0.15, 0.2) is 95.5 Å². The molecule has 2 nitrogen and oxygen atoms in total. The summed E-state index contributed by atoms with van der Waals surface area (Å²) >= 11 is 3.54. The molecule has 5 aromatic rings. The SMILES string of the molecule is Brc1ccc(-n2c(-c3ccccc3)nc3ccc4ccccc4c32)cc1. The van der Waals surface area contributed by atoms with Crippen LogP contribution in [0.25, 0.3) is 38.9 Å². The molecule has 0 atom stereocenters. The van der Waals surface area contributed by atoms with Crippen LogP contribution in [-0.4, -0.2) is 9.55 Å². The molecule has 5 rings (SSSR count). The Morgan fingerprint density at radius 2 is 1.42 bits per heavy atom. The summed E-state index contributed by atoms with van der Waals surface area (Å²) in [5.41, 5.74) is 4.36. The van der Waals surface area contributed by atoms with Gasteiger partial charge in [0.05, 0.1) is 11.0 Å². The van der Waals surface area contributed by atoms with Gasteiger partial charge in [0.25, 0.3) is 0 Å². The third-order valence-electron chi connectivity index (χ3n) is 4.66. The average Bonchev–Trinajstić information content (AvgIpc) is 3.09. The molecular formula is C23H15BrN2. The number of hydrogen-bond acceptors (Lipinski definition) is 1. The quantitative estimate of drug-likeness (QED) is 0.327. The van der Waals surface area contributed by atoms with E-state index in [9.17, 15) is 0 Å². The summed E-state index contributed by atoms with van der Waals surface area (Å²) in [5.74, 6) is 0.958. The van der Waals surface area contributed by atoms with Gasteiger partial charge in [0.2, 0.25) is 0 Å². The zero-order chi connectivity index (χ0) is 17.5. The Balaban J connectivity index is 1.94. The fourth-order valence-corrected chi connectivity index (χ4v) is 3.73. The molecule has 0 aliphatic rings. The van der Waals surface area contributed by atoms with E-state index in [-0.39, 0.29) is 0 Å². The first-order valence-electron chi connectivity index (χ1n) is 8.53. The van der Waals surface area contributed by atoms with Crippen molar-refractivity contribution in [1.29, 1.82) is 0 Å². The van der Waals surface area contributed by atoms with Gasteiger partial charge in [-0.3, -0.25) is 4.57 Å². The number of benzene rings is 4. The molecule has 0 bridgehead atoms. The van der Waals surface area contributed by atoms with E-state index in [2.05, 4.69) is 105 Å². The van der Waals surface area contributed by atoms with E-state index < -0.39 is 0 Å². The van der Waals surface area contributed by atoms with Gasteiger partial charge in [-0.1, -0.05) is 76.6 Å². The average molecular weight is 399 g/mol. The third-order valence-corrected chi connectivity index (χ3v) is 5.19. The zero-order valence-corrected chi connectivity index (χ0v) is 15.5. The number of hydrogen-bond donors (Lipinski definition) is 0. The molecule has 0 fully saturated rings. The van der Waals surface area contributed by atoms with Gasteiger partial charge in [-0.25, -0.2) is 4.98 Å². The first-order valence-corrected chi connectivity index (χ1v) is 9.32. The Bertz CT molecular complexity index is 1220. The summed E-state index contributed by atoms with van der Waals surface area (Å²) in [7, 11) is 0. The van der Waals surface area contributed by atoms with Crippen LogP contribution in [0.2, 0.25) is 0 Å². The van der Waals surface area contributed by atoms with Crippen LogP contribution >= 0.6 is 15.9 Å². The molecule has 0 N–H and O–H groups in total. The van der Waals surface area contributed by atoms with Crippen LogP contribution in [0.1, 0.15) is 0 Å². The lowest BCUT2D eigenvalue weighted by Gasteiger charge is -2.11. The fourth-order valence-electron chi connectivity index (χ4n) is 3.46. The van der Waals surface area contributed by atoms with Crippen molar-refractivity contribution >= 4 is 37.7 Å². The molecule has 3 heteroatoms. The maximum atomic E-state index is 4.98. The Hall–Kier alpha value is -2.91. The molecule has 1 aromatic heterocycles. The maximum absolute atomic E-state index is 4.98. The van der Waals surface area contributed by atoms with Crippen molar-refractivity contribution in [2.75, 3.05) is 0 Å². The lowest BCUT2D eigenvalue weighted by atomic mass is 10.1. The second-order valence-corrected chi connectivity index (χ2v) is 7.18. The van der Waals surface area contributed by atoms with E-state index in [0.717, 1.165) is 32.6 Å². The van der Waals surface area contributed by atoms with Gasteiger partial charge in [-0.15, -0.1) is 0 Å². The van der Waals surface area contributed by atoms with Crippen LogP contribution in [0.4, 0.5) is 0 Å². The third kappa shape index (κ3) is 2.44. The van der Waals surface area contributed by atoms with Crippen LogP contribution < -0.4 is 0 Å². The highest BCUT2D eigenvalue weighted by atomic mass is 79.9. The van der Waals surface area contributed by atoms with E-state index >= 15 is 0 Å². The van der Waals surface area contributed by atoms with Gasteiger partial charge in [-0.05, 0) is 35.7 Å². The van der Waals surface area contributed by atoms with E-state index in [4.69, 9.17) is 4.98 Å². The largest absolute Gasteiger partial charge is 0.292 e. The van der Waals surface area contributed by atoms with Gasteiger partial charge >= 0.3 is 0 Å². The summed E-state index contributed by atoms with van der Waals surface area (Å²) in [4.78, 5) is 4.98. The lowest BCUT2D eigenvalue weighted by molar-refractivity contribution is 1.10. The van der Waals surface area contributed by atoms with Crippen molar-refractivity contribution in [2.45, 2.75) is 0 Å². The Morgan fingerprint density at radius 3 is 2.23 bits per heavy atom. The van der Waals surface area contributed by atoms with Crippen molar-refractivity contribution in [3.8, 4) is 17.1 Å². The molecule has 0 spiro atoms. The Labute approximate surface area is 159 Å². The predicted molar refractivity (Wildman–Crippen MR) is 112 cm³/mol. The number of rotatable bonds is 2. The molecule has 26 heavy (non-hydrogen) atoms. The van der Waals surface area contributed by atoms with Crippen molar-refractivity contribution in [2.24, 2.45) is 0 Å². The molecule has 124 valence electrons. The second kappa shape index (κ2) is 6.11. The Kier molecular flexibility index (Phi) is 3.61. The van der Waals surface area contributed by atoms with Gasteiger partial charge < -0.3 is 0 Å². The molecule has 0 radical (unpaired) electrons. The summed E-state index contributed by atoms with van der Waals surface area (Å²) < 4.78 is 3.33. The highest BCUT2D eigenvalue weighted by molar-refractivity contribution is 9.10. The maximum Gasteiger partial charge on any atom is 0.145 e. The lowest BCUT2D eigenvalue weighted by Crippen LogP contribution is -1.97. The van der Waals surface area contributed by atoms with Gasteiger partial charge in [-0.2, -0.15) is 0 Å². The standard InChI is InChI=1S/C23H15BrN2/c24-18-11-13-19(14-12-18)26-22-20-9-5-4-6-16(20)10-15-21(22)25-23(26)17-7-2-1-3-8-17/h1-15H. The minimum atomic E-state index is 0.958. The van der Waals surface area contributed by atoms with Gasteiger partial charge in [0.15, 0.2) is 0 Å². The zero-order valence-electron chi connectivity index (χ0n) is 13.9. The number of aromatic nitrogens is 2. The van der Waals surface area contributed by atoms with Crippen LogP contribution in [0.3, 0.4) is 0 Å². The van der Waals surface area contributed by atoms with Crippen molar-refractivity contribution < 1.29 is 0 Å². The number of halogens is 1. The molecular weight excluding hydrogens is 384 g/mol. The van der Waals surface area contributed by atoms with Crippen molar-refractivity contribution in [3.63, 3.8) is 0 Å². The van der Waals surface area contributed by atoms with Gasteiger partial charge in [0, 0.05) is 21.1 Å². The minimum absolute atomic E-state index is 0.958. The first kappa shape index (κ1) is 15.4. The Morgan fingerprint density at radius 1 is 0.692 bits per heavy atom. The molecule has 0 aliphatic heterocycles. The topological polar surface area (TPSA) is 17.8 Å². The molecule has 0 amide bonds. The second-order valence-electron chi connectivity index (χ2n) is 6.27. The summed E-state index contributed by atoms with van der Waals surface area (Å²) in [6, 6.07) is 31.5. The van der Waals surface area contributed by atoms with E-state index in [1.807, 2.05) is 6.07 Å². The normalized spacial score (nSPS) is 11.3. The van der Waals surface area contributed by atoms with Gasteiger partial charge in [0.1, 0.15) is 5.82 Å². The smallest absolute Gasteiger partial charge is 0.145 e. The number of imidazole rings is 1. The van der Waals surface area contributed by atoms with Crippen LogP contribution in [-0.2, 0) is 0 Å². The van der Waals surface area contributed by atoms with Crippen LogP contribution in [0, 0.1) is 0 Å². The highest BCUT2D eigenvalue weighted by Crippen LogP contribution is 2.33. The van der Waals surface area contributed by atoms with E-state index in [1.165, 1.54) is 10.8 Å². The molecule has 0 aliphatic carbocycles. The molecule has 1 heterocycles. The number of fused-ring (bicyclic) bond motifs is 3. The monoisotopic (exact) mass is 398 g/mol. The molecule has 0 saturated carbocycles. The van der Waals surface area contributed by atoms with Crippen molar-refractivity contribution in [3.05, 3.63) is 95.5 Å². The first-order chi connectivity index (χ1) is 12.8. The number of nitrogens with zero attached hydrogens (tertiary/aromatic N) is 2. The predicted octanol–water partition coefficient (Wildman–Crippen LogP) is 6.61. The highest BCUT2D eigenvalue weighted by Gasteiger charge is 2.16. The van der Waals surface area contributed by atoms with Crippen molar-refractivity contribution in [1.82, 2.24) is 9.55 Å². The summed E-state index contributed by atoms with van der Waals surface area (Å²) in [6.07, 6.45) is 0. The van der Waals surface area contributed by atoms with E-state index in [1.54, 1.807) is 0 Å². The molecule has 4 aromatic carbocycles.